The van der Waals surface area contributed by atoms with Crippen molar-refractivity contribution in [1.29, 1.82) is 0 Å². The number of hydrogen-bond acceptors (Lipinski definition) is 6. The van der Waals surface area contributed by atoms with Crippen LogP contribution in [0.3, 0.4) is 0 Å². The van der Waals surface area contributed by atoms with E-state index in [0.29, 0.717) is 18.3 Å². The Morgan fingerprint density at radius 2 is 2.25 bits per heavy atom. The number of hydrogen-bond donors (Lipinski definition) is 3. The first-order chi connectivity index (χ1) is 9.70. The highest BCUT2D eigenvalue weighted by Crippen LogP contribution is 2.15. The van der Waals surface area contributed by atoms with Gasteiger partial charge in [-0.2, -0.15) is 0 Å². The molecule has 0 aromatic carbocycles. The van der Waals surface area contributed by atoms with E-state index in [1.807, 2.05) is 0 Å². The molecule has 0 radical (unpaired) electrons. The topological polar surface area (TPSA) is 98.6 Å². The number of aliphatic hydroxyl groups is 1. The van der Waals surface area contributed by atoms with Crippen LogP contribution in [0.4, 0.5) is 5.82 Å². The van der Waals surface area contributed by atoms with Crippen LogP contribution in [0.25, 0.3) is 0 Å². The molecule has 110 valence electrons. The van der Waals surface area contributed by atoms with Crippen molar-refractivity contribution in [3.8, 4) is 0 Å². The zero-order valence-electron chi connectivity index (χ0n) is 11.3. The number of carbonyl (C=O) groups is 1. The Hall–Kier alpha value is -1.73. The molecule has 0 bridgehead atoms. The molecule has 7 nitrogen and oxygen atoms in total. The summed E-state index contributed by atoms with van der Waals surface area (Å²) in [6, 6.07) is 0. The zero-order chi connectivity index (χ0) is 14.4. The largest absolute Gasteiger partial charge is 0.476 e. The summed E-state index contributed by atoms with van der Waals surface area (Å²) in [5.74, 6) is -0.426. The first-order valence-corrected chi connectivity index (χ1v) is 6.82. The van der Waals surface area contributed by atoms with E-state index >= 15 is 0 Å². The minimum atomic E-state index is -1.08. The smallest absolute Gasteiger partial charge is 0.358 e. The Morgan fingerprint density at radius 1 is 1.45 bits per heavy atom. The third-order valence-electron chi connectivity index (χ3n) is 3.48. The number of carboxylic acid groups (broad SMARTS) is 1. The van der Waals surface area contributed by atoms with Gasteiger partial charge in [0.05, 0.1) is 0 Å². The van der Waals surface area contributed by atoms with Gasteiger partial charge in [0.15, 0.2) is 11.5 Å². The standard InChI is InChI=1S/C13H20N4O3/c18-9-10-2-1-6-17(8-10)7-5-16-12-11(13(19)20)14-3-4-15-12/h3-4,10,18H,1-2,5-9H2,(H,15,16)(H,19,20). The highest BCUT2D eigenvalue weighted by atomic mass is 16.4. The summed E-state index contributed by atoms with van der Waals surface area (Å²) in [6.45, 7) is 3.55. The van der Waals surface area contributed by atoms with Crippen molar-refractivity contribution in [2.45, 2.75) is 12.8 Å². The van der Waals surface area contributed by atoms with Gasteiger partial charge in [0, 0.05) is 38.6 Å². The van der Waals surface area contributed by atoms with Crippen molar-refractivity contribution in [2.24, 2.45) is 5.92 Å². The first kappa shape index (κ1) is 14.7. The fourth-order valence-electron chi connectivity index (χ4n) is 2.46. The van der Waals surface area contributed by atoms with Crippen LogP contribution in [0.2, 0.25) is 0 Å². The number of likely N-dealkylation sites (tertiary alicyclic amines) is 1. The van der Waals surface area contributed by atoms with Gasteiger partial charge in [-0.05, 0) is 25.3 Å². The molecule has 3 N–H and O–H groups in total. The maximum Gasteiger partial charge on any atom is 0.358 e. The third-order valence-corrected chi connectivity index (χ3v) is 3.48. The van der Waals surface area contributed by atoms with E-state index in [1.165, 1.54) is 12.4 Å². The number of anilines is 1. The molecule has 1 unspecified atom stereocenters. The van der Waals surface area contributed by atoms with Gasteiger partial charge in [0.25, 0.3) is 0 Å². The molecule has 20 heavy (non-hydrogen) atoms. The predicted octanol–water partition coefficient (Wildman–Crippen LogP) is 0.291. The van der Waals surface area contributed by atoms with Gasteiger partial charge in [-0.25, -0.2) is 14.8 Å². The number of piperidine rings is 1. The molecule has 0 spiro atoms. The van der Waals surface area contributed by atoms with Crippen LogP contribution >= 0.6 is 0 Å². The van der Waals surface area contributed by atoms with Crippen LogP contribution in [-0.4, -0.2) is 63.8 Å². The maximum atomic E-state index is 11.0. The van der Waals surface area contributed by atoms with Gasteiger partial charge < -0.3 is 20.4 Å². The molecule has 1 aliphatic heterocycles. The quantitative estimate of drug-likeness (QED) is 0.689. The molecule has 1 saturated heterocycles. The van der Waals surface area contributed by atoms with E-state index in [1.54, 1.807) is 0 Å². The van der Waals surface area contributed by atoms with Crippen LogP contribution < -0.4 is 5.32 Å². The second-order valence-corrected chi connectivity index (χ2v) is 4.98. The Balaban J connectivity index is 1.82. The summed E-state index contributed by atoms with van der Waals surface area (Å²) in [5.41, 5.74) is -0.0561. The number of carboxylic acids is 1. The van der Waals surface area contributed by atoms with Crippen molar-refractivity contribution in [1.82, 2.24) is 14.9 Å². The van der Waals surface area contributed by atoms with Crippen molar-refractivity contribution < 1.29 is 15.0 Å². The molecule has 2 rings (SSSR count). The van der Waals surface area contributed by atoms with Gasteiger partial charge in [-0.15, -0.1) is 0 Å². The minimum Gasteiger partial charge on any atom is -0.476 e. The van der Waals surface area contributed by atoms with Crippen LogP contribution in [-0.2, 0) is 0 Å². The Kier molecular flexibility index (Phi) is 5.25. The van der Waals surface area contributed by atoms with Gasteiger partial charge >= 0.3 is 5.97 Å². The molecule has 1 atom stereocenters. The Morgan fingerprint density at radius 3 is 3.00 bits per heavy atom. The molecule has 1 aromatic heterocycles. The van der Waals surface area contributed by atoms with E-state index in [-0.39, 0.29) is 12.3 Å². The number of nitrogens with one attached hydrogen (secondary N) is 1. The summed E-state index contributed by atoms with van der Waals surface area (Å²) < 4.78 is 0. The normalized spacial score (nSPS) is 19.8. The van der Waals surface area contributed by atoms with Gasteiger partial charge in [-0.1, -0.05) is 0 Å². The molecule has 1 aromatic rings. The number of nitrogens with zero attached hydrogens (tertiary/aromatic N) is 3. The van der Waals surface area contributed by atoms with Gasteiger partial charge in [0.1, 0.15) is 0 Å². The van der Waals surface area contributed by atoms with E-state index in [0.717, 1.165) is 32.5 Å². The lowest BCUT2D eigenvalue weighted by Crippen LogP contribution is -2.39. The van der Waals surface area contributed by atoms with Crippen LogP contribution in [0.5, 0.6) is 0 Å². The van der Waals surface area contributed by atoms with Crippen molar-refractivity contribution in [2.75, 3.05) is 38.1 Å². The molecule has 7 heteroatoms. The fraction of sp³-hybridized carbons (Fsp3) is 0.615. The zero-order valence-corrected chi connectivity index (χ0v) is 11.3. The molecule has 2 heterocycles. The molecular formula is C13H20N4O3. The Labute approximate surface area is 117 Å². The lowest BCUT2D eigenvalue weighted by Gasteiger charge is -2.31. The lowest BCUT2D eigenvalue weighted by atomic mass is 9.99. The van der Waals surface area contributed by atoms with Crippen molar-refractivity contribution in [3.63, 3.8) is 0 Å². The highest BCUT2D eigenvalue weighted by molar-refractivity contribution is 5.90. The number of aromatic carboxylic acids is 1. The van der Waals surface area contributed by atoms with Gasteiger partial charge in [0.2, 0.25) is 0 Å². The molecule has 0 aliphatic carbocycles. The Bertz CT molecular complexity index is 455. The molecular weight excluding hydrogens is 260 g/mol. The van der Waals surface area contributed by atoms with E-state index < -0.39 is 5.97 Å². The van der Waals surface area contributed by atoms with Gasteiger partial charge in [-0.3, -0.25) is 0 Å². The first-order valence-electron chi connectivity index (χ1n) is 6.82. The molecule has 1 aliphatic rings. The molecule has 0 saturated carbocycles. The van der Waals surface area contributed by atoms with Crippen molar-refractivity contribution in [3.05, 3.63) is 18.1 Å². The van der Waals surface area contributed by atoms with E-state index in [4.69, 9.17) is 5.11 Å². The summed E-state index contributed by atoms with van der Waals surface area (Å²) >= 11 is 0. The average Bonchev–Trinajstić information content (AvgIpc) is 2.48. The minimum absolute atomic E-state index is 0.0561. The van der Waals surface area contributed by atoms with E-state index in [2.05, 4.69) is 20.2 Å². The SMILES string of the molecule is O=C(O)c1nccnc1NCCN1CCCC(CO)C1. The summed E-state index contributed by atoms with van der Waals surface area (Å²) in [4.78, 5) is 21.1. The van der Waals surface area contributed by atoms with Crippen molar-refractivity contribution >= 4 is 11.8 Å². The highest BCUT2D eigenvalue weighted by Gasteiger charge is 2.19. The summed E-state index contributed by atoms with van der Waals surface area (Å²) in [5, 5.41) is 21.2. The number of aliphatic hydroxyl groups excluding tert-OH is 1. The lowest BCUT2D eigenvalue weighted by molar-refractivity contribution is 0.0691. The maximum absolute atomic E-state index is 11.0. The third kappa shape index (κ3) is 3.88. The second kappa shape index (κ2) is 7.16. The average molecular weight is 280 g/mol. The molecule has 1 fully saturated rings. The predicted molar refractivity (Wildman–Crippen MR) is 73.7 cm³/mol. The van der Waals surface area contributed by atoms with Crippen LogP contribution in [0.15, 0.2) is 12.4 Å². The summed E-state index contributed by atoms with van der Waals surface area (Å²) in [7, 11) is 0. The fourth-order valence-corrected chi connectivity index (χ4v) is 2.46. The second-order valence-electron chi connectivity index (χ2n) is 4.98. The number of aromatic nitrogens is 2. The number of rotatable bonds is 6. The summed E-state index contributed by atoms with van der Waals surface area (Å²) in [6.07, 6.45) is 5.01. The monoisotopic (exact) mass is 280 g/mol. The van der Waals surface area contributed by atoms with E-state index in [9.17, 15) is 9.90 Å². The van der Waals surface area contributed by atoms with Crippen LogP contribution in [0, 0.1) is 5.92 Å². The molecule has 0 amide bonds. The van der Waals surface area contributed by atoms with Crippen LogP contribution in [0.1, 0.15) is 23.3 Å².